The van der Waals surface area contributed by atoms with Crippen LogP contribution in [0.3, 0.4) is 0 Å². The van der Waals surface area contributed by atoms with Crippen molar-refractivity contribution in [3.05, 3.63) is 34.3 Å². The second-order valence-electron chi connectivity index (χ2n) is 5.01. The Labute approximate surface area is 118 Å². The monoisotopic (exact) mass is 311 g/mol. The SMILES string of the molecule is CC(NCCOC1CCCC1)c1cccc(Br)c1. The molecular formula is C15H22BrNO. The highest BCUT2D eigenvalue weighted by molar-refractivity contribution is 9.10. The van der Waals surface area contributed by atoms with E-state index < -0.39 is 0 Å². The fourth-order valence-electron chi connectivity index (χ4n) is 2.45. The van der Waals surface area contributed by atoms with E-state index in [1.165, 1.54) is 31.2 Å². The maximum Gasteiger partial charge on any atom is 0.0594 e. The zero-order chi connectivity index (χ0) is 12.8. The normalized spacial score (nSPS) is 18.1. The average molecular weight is 312 g/mol. The van der Waals surface area contributed by atoms with Crippen molar-refractivity contribution in [1.29, 1.82) is 0 Å². The highest BCUT2D eigenvalue weighted by atomic mass is 79.9. The van der Waals surface area contributed by atoms with E-state index in [2.05, 4.69) is 52.4 Å². The summed E-state index contributed by atoms with van der Waals surface area (Å²) in [4.78, 5) is 0. The molecule has 0 amide bonds. The Morgan fingerprint density at radius 1 is 1.39 bits per heavy atom. The summed E-state index contributed by atoms with van der Waals surface area (Å²) in [5.41, 5.74) is 1.31. The Morgan fingerprint density at radius 2 is 2.17 bits per heavy atom. The Bertz CT molecular complexity index is 363. The molecule has 1 N–H and O–H groups in total. The van der Waals surface area contributed by atoms with E-state index in [0.29, 0.717) is 12.1 Å². The minimum absolute atomic E-state index is 0.370. The molecule has 3 heteroatoms. The summed E-state index contributed by atoms with van der Waals surface area (Å²) < 4.78 is 6.98. The van der Waals surface area contributed by atoms with Crippen LogP contribution in [-0.2, 0) is 4.74 Å². The second-order valence-corrected chi connectivity index (χ2v) is 5.92. The van der Waals surface area contributed by atoms with Crippen LogP contribution >= 0.6 is 15.9 Å². The number of nitrogens with one attached hydrogen (secondary N) is 1. The summed E-state index contributed by atoms with van der Waals surface area (Å²) in [5.74, 6) is 0. The van der Waals surface area contributed by atoms with Gasteiger partial charge in [0.15, 0.2) is 0 Å². The van der Waals surface area contributed by atoms with Crippen molar-refractivity contribution in [3.8, 4) is 0 Å². The Morgan fingerprint density at radius 3 is 2.89 bits per heavy atom. The molecule has 1 fully saturated rings. The third-order valence-corrected chi connectivity index (χ3v) is 4.05. The van der Waals surface area contributed by atoms with Gasteiger partial charge in [-0.25, -0.2) is 0 Å². The molecule has 0 radical (unpaired) electrons. The Balaban J connectivity index is 1.66. The van der Waals surface area contributed by atoms with Crippen molar-refractivity contribution >= 4 is 15.9 Å². The van der Waals surface area contributed by atoms with Crippen LogP contribution in [0.2, 0.25) is 0 Å². The van der Waals surface area contributed by atoms with E-state index in [9.17, 15) is 0 Å². The highest BCUT2D eigenvalue weighted by Gasteiger charge is 2.14. The number of halogens is 1. The molecule has 0 heterocycles. The van der Waals surface area contributed by atoms with Gasteiger partial charge in [-0.15, -0.1) is 0 Å². The van der Waals surface area contributed by atoms with Gasteiger partial charge in [0.1, 0.15) is 0 Å². The molecule has 1 aliphatic carbocycles. The van der Waals surface area contributed by atoms with Crippen LogP contribution in [0.25, 0.3) is 0 Å². The van der Waals surface area contributed by atoms with Crippen molar-refractivity contribution in [1.82, 2.24) is 5.32 Å². The van der Waals surface area contributed by atoms with E-state index in [-0.39, 0.29) is 0 Å². The maximum atomic E-state index is 5.84. The molecule has 2 rings (SSSR count). The molecule has 1 unspecified atom stereocenters. The lowest BCUT2D eigenvalue weighted by Crippen LogP contribution is -2.25. The largest absolute Gasteiger partial charge is 0.377 e. The highest BCUT2D eigenvalue weighted by Crippen LogP contribution is 2.21. The quantitative estimate of drug-likeness (QED) is 0.800. The van der Waals surface area contributed by atoms with Gasteiger partial charge in [-0.3, -0.25) is 0 Å². The van der Waals surface area contributed by atoms with Gasteiger partial charge < -0.3 is 10.1 Å². The number of benzene rings is 1. The number of rotatable bonds is 6. The summed E-state index contributed by atoms with van der Waals surface area (Å²) in [6, 6.07) is 8.82. The number of hydrogen-bond acceptors (Lipinski definition) is 2. The Kier molecular flexibility index (Phi) is 5.67. The van der Waals surface area contributed by atoms with E-state index >= 15 is 0 Å². The lowest BCUT2D eigenvalue weighted by Gasteiger charge is -2.16. The van der Waals surface area contributed by atoms with Crippen LogP contribution in [0.5, 0.6) is 0 Å². The van der Waals surface area contributed by atoms with Crippen LogP contribution in [0.4, 0.5) is 0 Å². The van der Waals surface area contributed by atoms with Gasteiger partial charge in [-0.2, -0.15) is 0 Å². The van der Waals surface area contributed by atoms with E-state index in [1.807, 2.05) is 0 Å². The van der Waals surface area contributed by atoms with Gasteiger partial charge in [-0.05, 0) is 37.5 Å². The fraction of sp³-hybridized carbons (Fsp3) is 0.600. The second kappa shape index (κ2) is 7.27. The van der Waals surface area contributed by atoms with Gasteiger partial charge >= 0.3 is 0 Å². The first kappa shape index (κ1) is 14.0. The standard InChI is InChI=1S/C15H22BrNO/c1-12(13-5-4-6-14(16)11-13)17-9-10-18-15-7-2-3-8-15/h4-6,11-12,15,17H,2-3,7-10H2,1H3. The summed E-state index contributed by atoms with van der Waals surface area (Å²) in [6.45, 7) is 3.94. The molecule has 1 aromatic carbocycles. The van der Waals surface area contributed by atoms with E-state index in [0.717, 1.165) is 17.6 Å². The van der Waals surface area contributed by atoms with Gasteiger partial charge in [0, 0.05) is 17.1 Å². The summed E-state index contributed by atoms with van der Waals surface area (Å²) in [6.07, 6.45) is 5.70. The molecule has 0 bridgehead atoms. The number of ether oxygens (including phenoxy) is 1. The first-order chi connectivity index (χ1) is 8.75. The van der Waals surface area contributed by atoms with Gasteiger partial charge in [0.25, 0.3) is 0 Å². The molecule has 1 atom stereocenters. The van der Waals surface area contributed by atoms with Crippen molar-refractivity contribution in [2.75, 3.05) is 13.2 Å². The predicted octanol–water partition coefficient (Wildman–Crippen LogP) is 4.06. The third kappa shape index (κ3) is 4.38. The molecule has 100 valence electrons. The molecule has 1 saturated carbocycles. The molecule has 1 aliphatic rings. The topological polar surface area (TPSA) is 21.3 Å². The lowest BCUT2D eigenvalue weighted by atomic mass is 10.1. The van der Waals surface area contributed by atoms with Crippen molar-refractivity contribution < 1.29 is 4.74 Å². The van der Waals surface area contributed by atoms with Crippen LogP contribution in [0.1, 0.15) is 44.2 Å². The van der Waals surface area contributed by atoms with Gasteiger partial charge in [0.2, 0.25) is 0 Å². The maximum absolute atomic E-state index is 5.84. The summed E-state index contributed by atoms with van der Waals surface area (Å²) in [7, 11) is 0. The van der Waals surface area contributed by atoms with Crippen LogP contribution in [0, 0.1) is 0 Å². The molecule has 2 nitrogen and oxygen atoms in total. The molecule has 0 aliphatic heterocycles. The van der Waals surface area contributed by atoms with E-state index in [4.69, 9.17) is 4.74 Å². The molecule has 0 saturated heterocycles. The molecule has 1 aromatic rings. The Hall–Kier alpha value is -0.380. The van der Waals surface area contributed by atoms with Crippen molar-refractivity contribution in [2.24, 2.45) is 0 Å². The zero-order valence-corrected chi connectivity index (χ0v) is 12.6. The summed E-state index contributed by atoms with van der Waals surface area (Å²) in [5, 5.41) is 3.50. The molecule has 0 spiro atoms. The zero-order valence-electron chi connectivity index (χ0n) is 11.0. The summed E-state index contributed by atoms with van der Waals surface area (Å²) >= 11 is 3.50. The van der Waals surface area contributed by atoms with Crippen molar-refractivity contribution in [3.63, 3.8) is 0 Å². The third-order valence-electron chi connectivity index (χ3n) is 3.56. The first-order valence-corrected chi connectivity index (χ1v) is 7.65. The first-order valence-electron chi connectivity index (χ1n) is 6.86. The van der Waals surface area contributed by atoms with Gasteiger partial charge in [-0.1, -0.05) is 40.9 Å². The lowest BCUT2D eigenvalue weighted by molar-refractivity contribution is 0.0593. The number of hydrogen-bond donors (Lipinski definition) is 1. The van der Waals surface area contributed by atoms with Gasteiger partial charge in [0.05, 0.1) is 12.7 Å². The minimum atomic E-state index is 0.370. The fourth-order valence-corrected chi connectivity index (χ4v) is 2.87. The predicted molar refractivity (Wildman–Crippen MR) is 78.8 cm³/mol. The smallest absolute Gasteiger partial charge is 0.0594 e. The molecule has 0 aromatic heterocycles. The van der Waals surface area contributed by atoms with Crippen LogP contribution in [-0.4, -0.2) is 19.3 Å². The average Bonchev–Trinajstić information content (AvgIpc) is 2.87. The molecular weight excluding hydrogens is 290 g/mol. The van der Waals surface area contributed by atoms with E-state index in [1.54, 1.807) is 0 Å². The van der Waals surface area contributed by atoms with Crippen LogP contribution < -0.4 is 5.32 Å². The minimum Gasteiger partial charge on any atom is -0.377 e. The van der Waals surface area contributed by atoms with Crippen LogP contribution in [0.15, 0.2) is 28.7 Å². The van der Waals surface area contributed by atoms with Crippen molar-refractivity contribution in [2.45, 2.75) is 44.8 Å². The molecule has 18 heavy (non-hydrogen) atoms.